The van der Waals surface area contributed by atoms with E-state index in [4.69, 9.17) is 10.5 Å². The summed E-state index contributed by atoms with van der Waals surface area (Å²) in [4.78, 5) is 13.1. The maximum Gasteiger partial charge on any atom is 0.224 e. The second-order valence-electron chi connectivity index (χ2n) is 8.72. The molecule has 1 aliphatic heterocycles. The van der Waals surface area contributed by atoms with E-state index in [1.165, 1.54) is 24.8 Å². The molecule has 0 aromatic heterocycles. The lowest BCUT2D eigenvalue weighted by Crippen LogP contribution is -2.54. The molecule has 25 heavy (non-hydrogen) atoms. The summed E-state index contributed by atoms with van der Waals surface area (Å²) in [6.45, 7) is 0.727. The standard InChI is InChI=1S/C21H28N2O2/c22-15-10-13-4-3-5-14(11-15)19(13)23-20(24)17-12-21(17)8-9-25-18-7-2-1-6-16(18)21/h1-2,6-7,13-15,17,19H,3-5,8-12,22H2,(H,23,24). The highest BCUT2D eigenvalue weighted by molar-refractivity contribution is 5.85. The van der Waals surface area contributed by atoms with Crippen LogP contribution in [0.2, 0.25) is 0 Å². The highest BCUT2D eigenvalue weighted by Crippen LogP contribution is 2.60. The van der Waals surface area contributed by atoms with Crippen LogP contribution in [0.25, 0.3) is 0 Å². The molecule has 0 radical (unpaired) electrons. The number of nitrogens with one attached hydrogen (secondary N) is 1. The molecule has 4 nitrogen and oxygen atoms in total. The summed E-state index contributed by atoms with van der Waals surface area (Å²) in [5.74, 6) is 2.54. The van der Waals surface area contributed by atoms with E-state index in [1.54, 1.807) is 0 Å². The van der Waals surface area contributed by atoms with Crippen molar-refractivity contribution in [2.45, 2.75) is 62.4 Å². The number of nitrogens with two attached hydrogens (primary N) is 1. The Labute approximate surface area is 149 Å². The van der Waals surface area contributed by atoms with Gasteiger partial charge in [-0.3, -0.25) is 4.79 Å². The minimum Gasteiger partial charge on any atom is -0.493 e. The molecule has 3 saturated carbocycles. The van der Waals surface area contributed by atoms with Crippen molar-refractivity contribution < 1.29 is 9.53 Å². The SMILES string of the molecule is NC1CC2CCCC(C1)C2NC(=O)C1CC12CCOc1ccccc12. The smallest absolute Gasteiger partial charge is 0.224 e. The Morgan fingerprint density at radius 2 is 1.96 bits per heavy atom. The Morgan fingerprint density at radius 1 is 1.20 bits per heavy atom. The maximum atomic E-state index is 13.1. The largest absolute Gasteiger partial charge is 0.493 e. The molecule has 3 N–H and O–H groups in total. The zero-order valence-corrected chi connectivity index (χ0v) is 14.7. The van der Waals surface area contributed by atoms with Gasteiger partial charge in [-0.05, 0) is 56.4 Å². The van der Waals surface area contributed by atoms with Crippen molar-refractivity contribution in [3.05, 3.63) is 29.8 Å². The van der Waals surface area contributed by atoms with E-state index in [0.717, 1.165) is 38.0 Å². The van der Waals surface area contributed by atoms with Crippen molar-refractivity contribution in [3.63, 3.8) is 0 Å². The first-order valence-corrected chi connectivity index (χ1v) is 9.96. The summed E-state index contributed by atoms with van der Waals surface area (Å²) >= 11 is 0. The average molecular weight is 340 g/mol. The molecule has 4 heteroatoms. The molecule has 1 aromatic carbocycles. The van der Waals surface area contributed by atoms with Gasteiger partial charge >= 0.3 is 0 Å². The van der Waals surface area contributed by atoms with Crippen LogP contribution in [0, 0.1) is 17.8 Å². The molecule has 1 amide bonds. The van der Waals surface area contributed by atoms with Crippen LogP contribution in [0.3, 0.4) is 0 Å². The van der Waals surface area contributed by atoms with Crippen LogP contribution in [0.4, 0.5) is 0 Å². The van der Waals surface area contributed by atoms with Gasteiger partial charge in [0.25, 0.3) is 0 Å². The highest BCUT2D eigenvalue weighted by Gasteiger charge is 2.61. The summed E-state index contributed by atoms with van der Waals surface area (Å²) in [5.41, 5.74) is 7.50. The van der Waals surface area contributed by atoms with Gasteiger partial charge in [-0.1, -0.05) is 24.6 Å². The van der Waals surface area contributed by atoms with Gasteiger partial charge in [-0.2, -0.15) is 0 Å². The average Bonchev–Trinajstić information content (AvgIpc) is 3.31. The fourth-order valence-corrected chi connectivity index (χ4v) is 5.99. The number of benzene rings is 1. The maximum absolute atomic E-state index is 13.1. The third-order valence-electron chi connectivity index (χ3n) is 7.31. The predicted molar refractivity (Wildman–Crippen MR) is 96.3 cm³/mol. The predicted octanol–water partition coefficient (Wildman–Crippen LogP) is 2.75. The molecule has 1 spiro atoms. The quantitative estimate of drug-likeness (QED) is 0.870. The number of carbonyl (C=O) groups is 1. The molecule has 0 saturated heterocycles. The fraction of sp³-hybridized carbons (Fsp3) is 0.667. The molecular formula is C21H28N2O2. The molecule has 4 aliphatic rings. The van der Waals surface area contributed by atoms with E-state index in [9.17, 15) is 4.79 Å². The van der Waals surface area contributed by atoms with E-state index in [-0.39, 0.29) is 17.2 Å². The number of hydrogen-bond donors (Lipinski definition) is 2. The van der Waals surface area contributed by atoms with E-state index in [1.807, 2.05) is 12.1 Å². The molecule has 4 atom stereocenters. The number of fused-ring (bicyclic) bond motifs is 4. The normalized spacial score (nSPS) is 41.6. The zero-order chi connectivity index (χ0) is 17.0. The molecule has 5 rings (SSSR count). The topological polar surface area (TPSA) is 64.3 Å². The third kappa shape index (κ3) is 2.49. The van der Waals surface area contributed by atoms with E-state index in [0.29, 0.717) is 23.9 Å². The Balaban J connectivity index is 1.32. The van der Waals surface area contributed by atoms with Crippen LogP contribution in [-0.4, -0.2) is 24.6 Å². The van der Waals surface area contributed by atoms with Crippen molar-refractivity contribution in [1.82, 2.24) is 5.32 Å². The Bertz CT molecular complexity index is 676. The van der Waals surface area contributed by atoms with Gasteiger partial charge in [0.15, 0.2) is 0 Å². The van der Waals surface area contributed by atoms with Gasteiger partial charge in [-0.15, -0.1) is 0 Å². The molecule has 1 heterocycles. The Morgan fingerprint density at radius 3 is 2.76 bits per heavy atom. The first kappa shape index (κ1) is 15.7. The van der Waals surface area contributed by atoms with E-state index < -0.39 is 0 Å². The molecule has 2 bridgehead atoms. The van der Waals surface area contributed by atoms with Crippen LogP contribution in [-0.2, 0) is 10.2 Å². The fourth-order valence-electron chi connectivity index (χ4n) is 5.99. The number of carbonyl (C=O) groups excluding carboxylic acids is 1. The number of para-hydroxylation sites is 1. The van der Waals surface area contributed by atoms with Gasteiger partial charge in [0.2, 0.25) is 5.91 Å². The van der Waals surface area contributed by atoms with Crippen LogP contribution < -0.4 is 15.8 Å². The number of amides is 1. The lowest BCUT2D eigenvalue weighted by Gasteiger charge is -2.45. The second kappa shape index (κ2) is 5.73. The van der Waals surface area contributed by atoms with Crippen LogP contribution >= 0.6 is 0 Å². The number of hydrogen-bond acceptors (Lipinski definition) is 3. The summed E-state index contributed by atoms with van der Waals surface area (Å²) in [5, 5.41) is 3.47. The van der Waals surface area contributed by atoms with E-state index >= 15 is 0 Å². The van der Waals surface area contributed by atoms with Crippen LogP contribution in [0.5, 0.6) is 5.75 Å². The summed E-state index contributed by atoms with van der Waals surface area (Å²) in [7, 11) is 0. The first-order valence-electron chi connectivity index (χ1n) is 9.96. The van der Waals surface area contributed by atoms with Crippen molar-refractivity contribution in [2.75, 3.05) is 6.61 Å². The summed E-state index contributed by atoms with van der Waals surface area (Å²) in [6.07, 6.45) is 7.84. The van der Waals surface area contributed by atoms with Gasteiger partial charge in [-0.25, -0.2) is 0 Å². The minimum absolute atomic E-state index is 0.0269. The Hall–Kier alpha value is -1.55. The molecule has 1 aromatic rings. The monoisotopic (exact) mass is 340 g/mol. The molecular weight excluding hydrogens is 312 g/mol. The van der Waals surface area contributed by atoms with Crippen molar-refractivity contribution >= 4 is 5.91 Å². The summed E-state index contributed by atoms with van der Waals surface area (Å²) in [6, 6.07) is 8.95. The highest BCUT2D eigenvalue weighted by atomic mass is 16.5. The number of rotatable bonds is 2. The molecule has 3 fully saturated rings. The third-order valence-corrected chi connectivity index (χ3v) is 7.31. The minimum atomic E-state index is 0.0269. The van der Waals surface area contributed by atoms with Gasteiger partial charge in [0.05, 0.1) is 6.61 Å². The summed E-state index contributed by atoms with van der Waals surface area (Å²) < 4.78 is 5.80. The van der Waals surface area contributed by atoms with Gasteiger partial charge in [0, 0.05) is 29.0 Å². The second-order valence-corrected chi connectivity index (χ2v) is 8.72. The van der Waals surface area contributed by atoms with Gasteiger partial charge in [0.1, 0.15) is 5.75 Å². The van der Waals surface area contributed by atoms with Crippen LogP contribution in [0.15, 0.2) is 24.3 Å². The van der Waals surface area contributed by atoms with Crippen LogP contribution in [0.1, 0.15) is 50.5 Å². The molecule has 3 aliphatic carbocycles. The molecule has 134 valence electrons. The van der Waals surface area contributed by atoms with Crippen molar-refractivity contribution in [3.8, 4) is 5.75 Å². The first-order chi connectivity index (χ1) is 12.2. The lowest BCUT2D eigenvalue weighted by molar-refractivity contribution is -0.125. The van der Waals surface area contributed by atoms with Gasteiger partial charge < -0.3 is 15.8 Å². The van der Waals surface area contributed by atoms with E-state index in [2.05, 4.69) is 17.4 Å². The zero-order valence-electron chi connectivity index (χ0n) is 14.7. The van der Waals surface area contributed by atoms with Crippen molar-refractivity contribution in [2.24, 2.45) is 23.5 Å². The Kier molecular flexibility index (Phi) is 3.60. The number of ether oxygens (including phenoxy) is 1. The van der Waals surface area contributed by atoms with Crippen molar-refractivity contribution in [1.29, 1.82) is 0 Å². The molecule has 4 unspecified atom stereocenters. The lowest BCUT2D eigenvalue weighted by atomic mass is 9.67.